The predicted octanol–water partition coefficient (Wildman–Crippen LogP) is 1.96. The molecule has 3 rings (SSSR count). The molecule has 8 nitrogen and oxygen atoms in total. The van der Waals surface area contributed by atoms with Gasteiger partial charge in [-0.05, 0) is 48.6 Å². The Bertz CT molecular complexity index is 1020. The fourth-order valence-electron chi connectivity index (χ4n) is 2.99. The summed E-state index contributed by atoms with van der Waals surface area (Å²) in [6.07, 6.45) is 1.74. The number of carbonyl (C=O) groups is 2. The van der Waals surface area contributed by atoms with Gasteiger partial charge in [0.1, 0.15) is 11.8 Å². The van der Waals surface area contributed by atoms with Crippen LogP contribution in [-0.2, 0) is 26.2 Å². The lowest BCUT2D eigenvalue weighted by molar-refractivity contribution is -0.131. The SMILES string of the molecule is CC(C)C(NC(=O)COc1ccccc1)C(=O)NCc1ccc(S(=O)(=O)NC2CC2)cc1. The highest BCUT2D eigenvalue weighted by molar-refractivity contribution is 7.89. The normalized spacial score (nSPS) is 14.6. The van der Waals surface area contributed by atoms with E-state index in [9.17, 15) is 18.0 Å². The molecule has 0 aliphatic heterocycles. The number of ether oxygens (including phenoxy) is 1. The van der Waals surface area contributed by atoms with Crippen molar-refractivity contribution in [1.29, 1.82) is 0 Å². The Morgan fingerprint density at radius 3 is 2.28 bits per heavy atom. The van der Waals surface area contributed by atoms with Crippen molar-refractivity contribution < 1.29 is 22.7 Å². The van der Waals surface area contributed by atoms with Crippen LogP contribution in [0.2, 0.25) is 0 Å². The predicted molar refractivity (Wildman–Crippen MR) is 120 cm³/mol. The molecule has 1 aliphatic carbocycles. The van der Waals surface area contributed by atoms with E-state index in [1.165, 1.54) is 12.1 Å². The number of para-hydroxylation sites is 1. The van der Waals surface area contributed by atoms with Gasteiger partial charge >= 0.3 is 0 Å². The molecule has 3 N–H and O–H groups in total. The van der Waals surface area contributed by atoms with Crippen LogP contribution in [0.5, 0.6) is 5.75 Å². The molecule has 1 fully saturated rings. The zero-order chi connectivity index (χ0) is 23.1. The maximum atomic E-state index is 12.6. The van der Waals surface area contributed by atoms with Gasteiger partial charge in [-0.25, -0.2) is 13.1 Å². The van der Waals surface area contributed by atoms with Gasteiger partial charge in [0.2, 0.25) is 15.9 Å². The average Bonchev–Trinajstić information content (AvgIpc) is 3.58. The summed E-state index contributed by atoms with van der Waals surface area (Å²) in [6.45, 7) is 3.71. The van der Waals surface area contributed by atoms with Crippen molar-refractivity contribution in [2.75, 3.05) is 6.61 Å². The molecule has 0 bridgehead atoms. The minimum Gasteiger partial charge on any atom is -0.484 e. The monoisotopic (exact) mass is 459 g/mol. The molecule has 0 aromatic heterocycles. The summed E-state index contributed by atoms with van der Waals surface area (Å²) >= 11 is 0. The molecule has 9 heteroatoms. The third-order valence-corrected chi connectivity index (χ3v) is 6.51. The van der Waals surface area contributed by atoms with Crippen LogP contribution in [0.15, 0.2) is 59.5 Å². The number of amides is 2. The number of sulfonamides is 1. The topological polar surface area (TPSA) is 114 Å². The first-order chi connectivity index (χ1) is 15.2. The zero-order valence-electron chi connectivity index (χ0n) is 18.2. The van der Waals surface area contributed by atoms with Gasteiger partial charge in [0, 0.05) is 12.6 Å². The summed E-state index contributed by atoms with van der Waals surface area (Å²) in [6, 6.07) is 14.7. The first kappa shape index (κ1) is 23.7. The number of hydrogen-bond donors (Lipinski definition) is 3. The minimum atomic E-state index is -3.51. The van der Waals surface area contributed by atoms with Crippen molar-refractivity contribution in [3.63, 3.8) is 0 Å². The fourth-order valence-corrected chi connectivity index (χ4v) is 4.29. The molecule has 2 aromatic carbocycles. The number of hydrogen-bond acceptors (Lipinski definition) is 5. The van der Waals surface area contributed by atoms with Crippen LogP contribution in [0, 0.1) is 5.92 Å². The molecule has 2 aromatic rings. The van der Waals surface area contributed by atoms with Gasteiger partial charge < -0.3 is 15.4 Å². The van der Waals surface area contributed by atoms with E-state index in [-0.39, 0.29) is 41.8 Å². The largest absolute Gasteiger partial charge is 0.484 e. The van der Waals surface area contributed by atoms with Crippen molar-refractivity contribution in [2.45, 2.75) is 50.2 Å². The number of carbonyl (C=O) groups excluding carboxylic acids is 2. The van der Waals surface area contributed by atoms with E-state index in [1.54, 1.807) is 24.3 Å². The molecule has 0 saturated heterocycles. The van der Waals surface area contributed by atoms with Gasteiger partial charge in [-0.3, -0.25) is 9.59 Å². The molecule has 0 radical (unpaired) electrons. The Labute approximate surface area is 188 Å². The van der Waals surface area contributed by atoms with Gasteiger partial charge in [0.15, 0.2) is 6.61 Å². The van der Waals surface area contributed by atoms with E-state index in [2.05, 4.69) is 15.4 Å². The van der Waals surface area contributed by atoms with Gasteiger partial charge in [0.25, 0.3) is 5.91 Å². The Kier molecular flexibility index (Phi) is 7.87. The molecule has 1 unspecified atom stereocenters. The molecule has 1 aliphatic rings. The Morgan fingerprint density at radius 1 is 1.03 bits per heavy atom. The lowest BCUT2D eigenvalue weighted by Gasteiger charge is -2.22. The second kappa shape index (κ2) is 10.6. The summed E-state index contributed by atoms with van der Waals surface area (Å²) in [5, 5.41) is 5.51. The molecule has 172 valence electrons. The molecule has 0 spiro atoms. The fraction of sp³-hybridized carbons (Fsp3) is 0.391. The molecular weight excluding hydrogens is 430 g/mol. The van der Waals surface area contributed by atoms with Crippen LogP contribution in [0.4, 0.5) is 0 Å². The van der Waals surface area contributed by atoms with E-state index < -0.39 is 16.1 Å². The van der Waals surface area contributed by atoms with Crippen LogP contribution >= 0.6 is 0 Å². The van der Waals surface area contributed by atoms with Gasteiger partial charge in [-0.2, -0.15) is 0 Å². The highest BCUT2D eigenvalue weighted by atomic mass is 32.2. The van der Waals surface area contributed by atoms with Crippen molar-refractivity contribution in [3.8, 4) is 5.75 Å². The maximum Gasteiger partial charge on any atom is 0.258 e. The third kappa shape index (κ3) is 7.06. The Hall–Kier alpha value is -2.91. The molecule has 1 atom stereocenters. The number of benzene rings is 2. The van der Waals surface area contributed by atoms with E-state index in [4.69, 9.17) is 4.74 Å². The quantitative estimate of drug-likeness (QED) is 0.475. The third-order valence-electron chi connectivity index (χ3n) is 4.98. The van der Waals surface area contributed by atoms with Crippen molar-refractivity contribution >= 4 is 21.8 Å². The van der Waals surface area contributed by atoms with E-state index in [0.29, 0.717) is 5.75 Å². The molecular formula is C23H29N3O5S. The molecule has 0 heterocycles. The van der Waals surface area contributed by atoms with Crippen molar-refractivity contribution in [2.24, 2.45) is 5.92 Å². The summed E-state index contributed by atoms with van der Waals surface area (Å²) < 4.78 is 32.5. The van der Waals surface area contributed by atoms with E-state index >= 15 is 0 Å². The number of nitrogens with one attached hydrogen (secondary N) is 3. The van der Waals surface area contributed by atoms with Crippen LogP contribution in [-0.4, -0.2) is 38.9 Å². The second-order valence-corrected chi connectivity index (χ2v) is 9.86. The Morgan fingerprint density at radius 2 is 1.69 bits per heavy atom. The standard InChI is InChI=1S/C23H29N3O5S/c1-16(2)22(25-21(27)15-31-19-6-4-3-5-7-19)23(28)24-14-17-8-12-20(13-9-17)32(29,30)26-18-10-11-18/h3-9,12-13,16,18,22,26H,10-11,14-15H2,1-2H3,(H,24,28)(H,25,27). The number of rotatable bonds is 11. The van der Waals surface area contributed by atoms with Crippen LogP contribution in [0.1, 0.15) is 32.3 Å². The first-order valence-electron chi connectivity index (χ1n) is 10.6. The summed E-state index contributed by atoms with van der Waals surface area (Å²) in [5.74, 6) is -0.261. The summed E-state index contributed by atoms with van der Waals surface area (Å²) in [7, 11) is -3.51. The van der Waals surface area contributed by atoms with Crippen molar-refractivity contribution in [1.82, 2.24) is 15.4 Å². The van der Waals surface area contributed by atoms with Crippen LogP contribution in [0.3, 0.4) is 0 Å². The van der Waals surface area contributed by atoms with Gasteiger partial charge in [-0.1, -0.05) is 44.2 Å². The summed E-state index contributed by atoms with van der Waals surface area (Å²) in [4.78, 5) is 25.1. The maximum absolute atomic E-state index is 12.6. The Balaban J connectivity index is 1.50. The van der Waals surface area contributed by atoms with Gasteiger partial charge in [-0.15, -0.1) is 0 Å². The summed E-state index contributed by atoms with van der Waals surface area (Å²) in [5.41, 5.74) is 0.755. The van der Waals surface area contributed by atoms with E-state index in [1.807, 2.05) is 32.0 Å². The van der Waals surface area contributed by atoms with E-state index in [0.717, 1.165) is 18.4 Å². The molecule has 32 heavy (non-hydrogen) atoms. The highest BCUT2D eigenvalue weighted by Crippen LogP contribution is 2.22. The molecule has 2 amide bonds. The van der Waals surface area contributed by atoms with Crippen molar-refractivity contribution in [3.05, 3.63) is 60.2 Å². The highest BCUT2D eigenvalue weighted by Gasteiger charge is 2.28. The average molecular weight is 460 g/mol. The van der Waals surface area contributed by atoms with Crippen LogP contribution in [0.25, 0.3) is 0 Å². The first-order valence-corrected chi connectivity index (χ1v) is 12.1. The second-order valence-electron chi connectivity index (χ2n) is 8.15. The lowest BCUT2D eigenvalue weighted by Crippen LogP contribution is -2.50. The smallest absolute Gasteiger partial charge is 0.258 e. The van der Waals surface area contributed by atoms with Crippen LogP contribution < -0.4 is 20.1 Å². The van der Waals surface area contributed by atoms with Gasteiger partial charge in [0.05, 0.1) is 4.90 Å². The molecule has 1 saturated carbocycles. The minimum absolute atomic E-state index is 0.0419. The lowest BCUT2D eigenvalue weighted by atomic mass is 10.0. The zero-order valence-corrected chi connectivity index (χ0v) is 19.0.